The number of nitrogens with zero attached hydrogens (tertiary/aromatic N) is 1. The zero-order valence-corrected chi connectivity index (χ0v) is 14.2. The summed E-state index contributed by atoms with van der Waals surface area (Å²) in [6.45, 7) is 1.60. The van der Waals surface area contributed by atoms with E-state index in [9.17, 15) is 12.8 Å². The summed E-state index contributed by atoms with van der Waals surface area (Å²) in [5, 5.41) is 1.66. The first-order chi connectivity index (χ1) is 12.0. The van der Waals surface area contributed by atoms with E-state index in [1.54, 1.807) is 31.2 Å². The highest BCUT2D eigenvalue weighted by molar-refractivity contribution is 7.91. The predicted molar refractivity (Wildman–Crippen MR) is 94.6 cm³/mol. The van der Waals surface area contributed by atoms with Gasteiger partial charge in [-0.1, -0.05) is 19.1 Å². The third-order valence-corrected chi connectivity index (χ3v) is 5.88. The normalized spacial score (nSPS) is 12.1. The molecule has 25 heavy (non-hydrogen) atoms. The van der Waals surface area contributed by atoms with E-state index in [0.29, 0.717) is 17.0 Å². The lowest BCUT2D eigenvalue weighted by atomic mass is 10.1. The number of rotatable bonds is 3. The molecule has 0 amide bonds. The highest BCUT2D eigenvalue weighted by atomic mass is 32.2. The summed E-state index contributed by atoms with van der Waals surface area (Å²) in [5.41, 5.74) is 1.75. The number of aromatic nitrogens is 1. The van der Waals surface area contributed by atoms with Crippen LogP contribution in [-0.2, 0) is 9.84 Å². The molecule has 126 valence electrons. The summed E-state index contributed by atoms with van der Waals surface area (Å²) in [7, 11) is -3.30. The van der Waals surface area contributed by atoms with Crippen molar-refractivity contribution in [3.05, 3.63) is 60.4 Å². The van der Waals surface area contributed by atoms with Gasteiger partial charge >= 0.3 is 0 Å². The lowest BCUT2D eigenvalue weighted by molar-refractivity contribution is 0.597. The molecule has 0 fully saturated rings. The van der Waals surface area contributed by atoms with E-state index < -0.39 is 9.84 Å². The van der Waals surface area contributed by atoms with Crippen LogP contribution in [0.4, 0.5) is 4.39 Å². The molecule has 1 heterocycles. The molecule has 4 nitrogen and oxygen atoms in total. The molecule has 0 N–H and O–H groups in total. The summed E-state index contributed by atoms with van der Waals surface area (Å²) < 4.78 is 43.0. The molecule has 0 unspecified atom stereocenters. The van der Waals surface area contributed by atoms with Crippen molar-refractivity contribution >= 4 is 31.7 Å². The smallest absolute Gasteiger partial charge is 0.227 e. The van der Waals surface area contributed by atoms with Crippen LogP contribution < -0.4 is 0 Å². The van der Waals surface area contributed by atoms with Gasteiger partial charge in [-0.05, 0) is 53.2 Å². The fourth-order valence-corrected chi connectivity index (χ4v) is 3.64. The van der Waals surface area contributed by atoms with Gasteiger partial charge in [0.1, 0.15) is 11.3 Å². The quantitative estimate of drug-likeness (QED) is 0.540. The molecule has 0 radical (unpaired) electrons. The maximum Gasteiger partial charge on any atom is 0.227 e. The van der Waals surface area contributed by atoms with Gasteiger partial charge in [0, 0.05) is 5.56 Å². The number of fused-ring (bicyclic) bond motifs is 2. The molecule has 4 aromatic rings. The van der Waals surface area contributed by atoms with Gasteiger partial charge in [0.15, 0.2) is 15.4 Å². The van der Waals surface area contributed by atoms with Crippen LogP contribution in [0.15, 0.2) is 63.9 Å². The van der Waals surface area contributed by atoms with Gasteiger partial charge in [-0.15, -0.1) is 0 Å². The van der Waals surface area contributed by atoms with Crippen molar-refractivity contribution in [1.82, 2.24) is 4.98 Å². The van der Waals surface area contributed by atoms with Gasteiger partial charge in [-0.25, -0.2) is 17.8 Å². The molecule has 6 heteroatoms. The second-order valence-electron chi connectivity index (χ2n) is 5.76. The number of sulfone groups is 1. The highest BCUT2D eigenvalue weighted by Crippen LogP contribution is 2.28. The van der Waals surface area contributed by atoms with Crippen LogP contribution >= 0.6 is 0 Å². The van der Waals surface area contributed by atoms with Gasteiger partial charge < -0.3 is 4.42 Å². The van der Waals surface area contributed by atoms with Gasteiger partial charge in [0.05, 0.1) is 10.6 Å². The van der Waals surface area contributed by atoms with Crippen LogP contribution in [-0.4, -0.2) is 19.2 Å². The average Bonchev–Trinajstić information content (AvgIpc) is 3.04. The van der Waals surface area contributed by atoms with Crippen molar-refractivity contribution in [2.24, 2.45) is 0 Å². The van der Waals surface area contributed by atoms with E-state index in [0.717, 1.165) is 16.3 Å². The standard InChI is InChI=1S/C19H14FNO3S/c1-2-25(22,23)16-7-8-18-17(11-16)21-19(24-18)14-4-3-13-10-15(20)6-5-12(13)9-14/h3-11H,2H2,1H3. The fourth-order valence-electron chi connectivity index (χ4n) is 2.74. The predicted octanol–water partition coefficient (Wildman–Crippen LogP) is 4.58. The first-order valence-electron chi connectivity index (χ1n) is 7.79. The molecule has 1 aromatic heterocycles. The number of halogens is 1. The maximum atomic E-state index is 13.3. The van der Waals surface area contributed by atoms with Crippen LogP contribution in [0.1, 0.15) is 6.92 Å². The Morgan fingerprint density at radius 2 is 1.76 bits per heavy atom. The molecule has 0 aliphatic rings. The maximum absolute atomic E-state index is 13.3. The first kappa shape index (κ1) is 15.8. The molecule has 0 aliphatic carbocycles. The SMILES string of the molecule is CCS(=O)(=O)c1ccc2oc(-c3ccc4cc(F)ccc4c3)nc2c1. The van der Waals surface area contributed by atoms with Crippen LogP contribution in [0, 0.1) is 5.82 Å². The van der Waals surface area contributed by atoms with E-state index in [2.05, 4.69) is 4.98 Å². The zero-order valence-electron chi connectivity index (χ0n) is 13.4. The van der Waals surface area contributed by atoms with E-state index in [-0.39, 0.29) is 16.5 Å². The Kier molecular flexibility index (Phi) is 3.58. The largest absolute Gasteiger partial charge is 0.436 e. The Hall–Kier alpha value is -2.73. The Morgan fingerprint density at radius 1 is 1.00 bits per heavy atom. The van der Waals surface area contributed by atoms with Gasteiger partial charge in [0.25, 0.3) is 0 Å². The average molecular weight is 355 g/mol. The van der Waals surface area contributed by atoms with Crippen molar-refractivity contribution in [1.29, 1.82) is 0 Å². The third-order valence-electron chi connectivity index (χ3n) is 4.15. The van der Waals surface area contributed by atoms with Gasteiger partial charge in [-0.2, -0.15) is 0 Å². The van der Waals surface area contributed by atoms with Crippen LogP contribution in [0.5, 0.6) is 0 Å². The molecular weight excluding hydrogens is 341 g/mol. The Labute approximate surface area is 143 Å². The second-order valence-corrected chi connectivity index (χ2v) is 8.04. The monoisotopic (exact) mass is 355 g/mol. The van der Waals surface area contributed by atoms with Gasteiger partial charge in [-0.3, -0.25) is 0 Å². The van der Waals surface area contributed by atoms with Crippen LogP contribution in [0.3, 0.4) is 0 Å². The molecule has 0 atom stereocenters. The minimum Gasteiger partial charge on any atom is -0.436 e. The number of hydrogen-bond donors (Lipinski definition) is 0. The first-order valence-corrected chi connectivity index (χ1v) is 9.44. The molecular formula is C19H14FNO3S. The summed E-state index contributed by atoms with van der Waals surface area (Å²) in [4.78, 5) is 4.64. The molecule has 0 spiro atoms. The summed E-state index contributed by atoms with van der Waals surface area (Å²) in [6, 6.07) is 14.7. The van der Waals surface area contributed by atoms with Crippen LogP contribution in [0.2, 0.25) is 0 Å². The lowest BCUT2D eigenvalue weighted by Crippen LogP contribution is -2.03. The summed E-state index contributed by atoms with van der Waals surface area (Å²) in [6.07, 6.45) is 0. The highest BCUT2D eigenvalue weighted by Gasteiger charge is 2.15. The zero-order chi connectivity index (χ0) is 17.6. The molecule has 0 aliphatic heterocycles. The molecule has 0 bridgehead atoms. The number of hydrogen-bond acceptors (Lipinski definition) is 4. The van der Waals surface area contributed by atoms with Crippen molar-refractivity contribution in [3.63, 3.8) is 0 Å². The molecule has 0 saturated heterocycles. The van der Waals surface area contributed by atoms with Crippen LogP contribution in [0.25, 0.3) is 33.3 Å². The minimum atomic E-state index is -3.30. The summed E-state index contributed by atoms with van der Waals surface area (Å²) >= 11 is 0. The minimum absolute atomic E-state index is 0.0322. The van der Waals surface area contributed by atoms with E-state index in [1.165, 1.54) is 24.3 Å². The van der Waals surface area contributed by atoms with Crippen molar-refractivity contribution < 1.29 is 17.2 Å². The second kappa shape index (κ2) is 5.67. The van der Waals surface area contributed by atoms with Gasteiger partial charge in [0.2, 0.25) is 5.89 Å². The number of oxazole rings is 1. The van der Waals surface area contributed by atoms with Crippen molar-refractivity contribution in [2.45, 2.75) is 11.8 Å². The van der Waals surface area contributed by atoms with Crippen molar-refractivity contribution in [2.75, 3.05) is 5.75 Å². The number of benzene rings is 3. The molecule has 4 rings (SSSR count). The molecule has 3 aromatic carbocycles. The van der Waals surface area contributed by atoms with E-state index in [4.69, 9.17) is 4.42 Å². The Balaban J connectivity index is 1.83. The fraction of sp³-hybridized carbons (Fsp3) is 0.105. The topological polar surface area (TPSA) is 60.2 Å². The van der Waals surface area contributed by atoms with E-state index in [1.807, 2.05) is 6.07 Å². The summed E-state index contributed by atoms with van der Waals surface area (Å²) in [5.74, 6) is 0.142. The Morgan fingerprint density at radius 3 is 2.56 bits per heavy atom. The van der Waals surface area contributed by atoms with E-state index >= 15 is 0 Å². The lowest BCUT2D eigenvalue weighted by Gasteiger charge is -2.00. The third kappa shape index (κ3) is 2.78. The molecule has 0 saturated carbocycles. The Bertz CT molecular complexity index is 1210. The van der Waals surface area contributed by atoms with Crippen molar-refractivity contribution in [3.8, 4) is 11.5 Å².